The lowest BCUT2D eigenvalue weighted by Crippen LogP contribution is -2.40. The predicted molar refractivity (Wildman–Crippen MR) is 129 cm³/mol. The fourth-order valence-electron chi connectivity index (χ4n) is 3.81. The zero-order valence-corrected chi connectivity index (χ0v) is 19.1. The summed E-state index contributed by atoms with van der Waals surface area (Å²) in [5, 5.41) is 4.97. The fourth-order valence-corrected chi connectivity index (χ4v) is 5.67. The first kappa shape index (κ1) is 20.4. The normalized spacial score (nSPS) is 16.1. The fraction of sp³-hybridized carbons (Fsp3) is 0.125. The Morgan fingerprint density at radius 1 is 1.16 bits per heavy atom. The first-order chi connectivity index (χ1) is 15.5. The molecule has 1 aliphatic rings. The Hall–Kier alpha value is -3.49. The van der Waals surface area contributed by atoms with Crippen LogP contribution in [0, 0.1) is 6.92 Å². The largest absolute Gasteiger partial charge is 0.362 e. The highest BCUT2D eigenvalue weighted by atomic mass is 32.1. The summed E-state index contributed by atoms with van der Waals surface area (Å²) in [6.07, 6.45) is 3.64. The summed E-state index contributed by atoms with van der Waals surface area (Å²) in [4.78, 5) is 36.2. The Bertz CT molecular complexity index is 1510. The van der Waals surface area contributed by atoms with Crippen molar-refractivity contribution >= 4 is 40.3 Å². The van der Waals surface area contributed by atoms with Crippen LogP contribution in [0.2, 0.25) is 0 Å². The molecule has 1 amide bonds. The third-order valence-corrected chi connectivity index (χ3v) is 7.29. The number of thiazole rings is 1. The first-order valence-electron chi connectivity index (χ1n) is 10.1. The van der Waals surface area contributed by atoms with Crippen LogP contribution in [-0.4, -0.2) is 15.5 Å². The summed E-state index contributed by atoms with van der Waals surface area (Å²) in [6.45, 7) is 3.78. The Morgan fingerprint density at radius 2 is 2.00 bits per heavy atom. The number of carbonyl (C=O) groups excluding carboxylic acids is 1. The molecule has 1 aromatic carbocycles. The van der Waals surface area contributed by atoms with Crippen LogP contribution in [0.1, 0.15) is 29.1 Å². The number of thiophene rings is 1. The van der Waals surface area contributed by atoms with Crippen molar-refractivity contribution in [3.8, 4) is 0 Å². The number of allylic oxidation sites excluding steroid dienone is 1. The monoisotopic (exact) mass is 460 g/mol. The lowest BCUT2D eigenvalue weighted by molar-refractivity contribution is -0.113. The Kier molecular flexibility index (Phi) is 5.24. The van der Waals surface area contributed by atoms with E-state index in [0.29, 0.717) is 20.6 Å². The SMILES string of the molecule is CC1=C(C(=O)Nc2ccccc2C)[C@H](c2cccs2)n2c(s/c(=C/c3ccc[nH]3)c2=O)=N1. The number of para-hydroxylation sites is 1. The summed E-state index contributed by atoms with van der Waals surface area (Å²) in [6, 6.07) is 14.8. The van der Waals surface area contributed by atoms with Crippen molar-refractivity contribution in [3.63, 3.8) is 0 Å². The van der Waals surface area contributed by atoms with Crippen LogP contribution >= 0.6 is 22.7 Å². The molecule has 3 aromatic heterocycles. The van der Waals surface area contributed by atoms with Crippen LogP contribution in [0.3, 0.4) is 0 Å². The van der Waals surface area contributed by atoms with E-state index in [1.807, 2.05) is 80.0 Å². The molecule has 0 saturated carbocycles. The van der Waals surface area contributed by atoms with Gasteiger partial charge in [-0.1, -0.05) is 35.6 Å². The molecule has 0 bridgehead atoms. The third kappa shape index (κ3) is 3.57. The highest BCUT2D eigenvalue weighted by Gasteiger charge is 2.33. The Labute approximate surface area is 191 Å². The second-order valence-corrected chi connectivity index (χ2v) is 9.48. The number of aryl methyl sites for hydroxylation is 1. The standard InChI is InChI=1S/C24H20N4O2S2/c1-14-7-3-4-9-17(14)27-22(29)20-15(2)26-24-28(21(20)18-10-6-12-31-18)23(30)19(32-24)13-16-8-5-11-25-16/h3-13,21,25H,1-2H3,(H,27,29)/b19-13+/t21-/m0/s1. The van der Waals surface area contributed by atoms with Crippen molar-refractivity contribution < 1.29 is 4.79 Å². The van der Waals surface area contributed by atoms with Crippen molar-refractivity contribution in [1.82, 2.24) is 9.55 Å². The number of rotatable bonds is 4. The van der Waals surface area contributed by atoms with Gasteiger partial charge in [-0.2, -0.15) is 0 Å². The van der Waals surface area contributed by atoms with Gasteiger partial charge < -0.3 is 10.3 Å². The van der Waals surface area contributed by atoms with Crippen molar-refractivity contribution in [3.05, 3.63) is 107 Å². The number of anilines is 1. The average molecular weight is 461 g/mol. The van der Waals surface area contributed by atoms with Gasteiger partial charge in [-0.3, -0.25) is 14.2 Å². The van der Waals surface area contributed by atoms with Crippen LogP contribution in [0.15, 0.2) is 81.2 Å². The number of hydrogen-bond acceptors (Lipinski definition) is 5. The molecular formula is C24H20N4O2S2. The molecule has 0 unspecified atom stereocenters. The quantitative estimate of drug-likeness (QED) is 0.488. The molecule has 4 aromatic rings. The highest BCUT2D eigenvalue weighted by molar-refractivity contribution is 7.10. The van der Waals surface area contributed by atoms with E-state index in [-0.39, 0.29) is 11.5 Å². The van der Waals surface area contributed by atoms with E-state index < -0.39 is 6.04 Å². The Morgan fingerprint density at radius 3 is 2.72 bits per heavy atom. The van der Waals surface area contributed by atoms with Crippen LogP contribution in [0.5, 0.6) is 0 Å². The molecule has 5 rings (SSSR count). The summed E-state index contributed by atoms with van der Waals surface area (Å²) in [7, 11) is 0. The molecule has 1 aliphatic heterocycles. The van der Waals surface area contributed by atoms with Gasteiger partial charge in [0.1, 0.15) is 6.04 Å². The Balaban J connectivity index is 1.66. The number of fused-ring (bicyclic) bond motifs is 1. The van der Waals surface area contributed by atoms with Gasteiger partial charge in [0.2, 0.25) is 0 Å². The molecular weight excluding hydrogens is 440 g/mol. The maximum atomic E-state index is 13.5. The van der Waals surface area contributed by atoms with Gasteiger partial charge in [0.05, 0.1) is 15.8 Å². The van der Waals surface area contributed by atoms with Gasteiger partial charge in [-0.15, -0.1) is 11.3 Å². The number of aromatic amines is 1. The van der Waals surface area contributed by atoms with Crippen molar-refractivity contribution in [1.29, 1.82) is 0 Å². The molecule has 2 N–H and O–H groups in total. The molecule has 6 nitrogen and oxygen atoms in total. The molecule has 1 atom stereocenters. The van der Waals surface area contributed by atoms with Gasteiger partial charge >= 0.3 is 0 Å². The molecule has 0 radical (unpaired) electrons. The van der Waals surface area contributed by atoms with E-state index in [1.165, 1.54) is 22.7 Å². The lowest BCUT2D eigenvalue weighted by Gasteiger charge is -2.24. The molecule has 4 heterocycles. The van der Waals surface area contributed by atoms with Gasteiger partial charge in [0.15, 0.2) is 4.80 Å². The molecule has 32 heavy (non-hydrogen) atoms. The molecule has 0 fully saturated rings. The topological polar surface area (TPSA) is 79.2 Å². The molecule has 8 heteroatoms. The maximum Gasteiger partial charge on any atom is 0.271 e. The van der Waals surface area contributed by atoms with Crippen LogP contribution in [-0.2, 0) is 4.79 Å². The molecule has 160 valence electrons. The summed E-state index contributed by atoms with van der Waals surface area (Å²) < 4.78 is 2.21. The first-order valence-corrected chi connectivity index (χ1v) is 11.8. The number of carbonyl (C=O) groups is 1. The molecule has 0 aliphatic carbocycles. The molecule has 0 saturated heterocycles. The number of nitrogens with one attached hydrogen (secondary N) is 2. The maximum absolute atomic E-state index is 13.5. The van der Waals surface area contributed by atoms with E-state index >= 15 is 0 Å². The number of H-pyrrole nitrogens is 1. The minimum Gasteiger partial charge on any atom is -0.362 e. The highest BCUT2D eigenvalue weighted by Crippen LogP contribution is 2.33. The van der Waals surface area contributed by atoms with Gasteiger partial charge in [0.25, 0.3) is 11.5 Å². The van der Waals surface area contributed by atoms with E-state index in [4.69, 9.17) is 0 Å². The second-order valence-electron chi connectivity index (χ2n) is 7.49. The average Bonchev–Trinajstić information content (AvgIpc) is 3.52. The van der Waals surface area contributed by atoms with E-state index in [0.717, 1.165) is 21.8 Å². The zero-order valence-electron chi connectivity index (χ0n) is 17.5. The van der Waals surface area contributed by atoms with E-state index in [1.54, 1.807) is 4.57 Å². The van der Waals surface area contributed by atoms with Crippen molar-refractivity contribution in [2.75, 3.05) is 5.32 Å². The summed E-state index contributed by atoms with van der Waals surface area (Å²) >= 11 is 2.85. The minimum atomic E-state index is -0.527. The van der Waals surface area contributed by atoms with Gasteiger partial charge in [-0.25, -0.2) is 4.99 Å². The summed E-state index contributed by atoms with van der Waals surface area (Å²) in [5.74, 6) is -0.252. The van der Waals surface area contributed by atoms with Crippen molar-refractivity contribution in [2.45, 2.75) is 19.9 Å². The second kappa shape index (κ2) is 8.22. The van der Waals surface area contributed by atoms with Crippen molar-refractivity contribution in [2.24, 2.45) is 4.99 Å². The number of aromatic nitrogens is 2. The molecule has 0 spiro atoms. The van der Waals surface area contributed by atoms with Gasteiger partial charge in [0, 0.05) is 22.5 Å². The number of benzene rings is 1. The predicted octanol–water partition coefficient (Wildman–Crippen LogP) is 3.57. The smallest absolute Gasteiger partial charge is 0.271 e. The van der Waals surface area contributed by atoms with E-state index in [9.17, 15) is 9.59 Å². The van der Waals surface area contributed by atoms with Crippen LogP contribution in [0.25, 0.3) is 6.08 Å². The van der Waals surface area contributed by atoms with Gasteiger partial charge in [-0.05, 0) is 55.1 Å². The number of hydrogen-bond donors (Lipinski definition) is 2. The number of nitrogens with zero attached hydrogens (tertiary/aromatic N) is 2. The summed E-state index contributed by atoms with van der Waals surface area (Å²) in [5.41, 5.74) is 3.49. The lowest BCUT2D eigenvalue weighted by atomic mass is 10.0. The van der Waals surface area contributed by atoms with Crippen LogP contribution in [0.4, 0.5) is 5.69 Å². The van der Waals surface area contributed by atoms with E-state index in [2.05, 4.69) is 15.3 Å². The zero-order chi connectivity index (χ0) is 22.2. The van der Waals surface area contributed by atoms with Crippen LogP contribution < -0.4 is 20.2 Å². The minimum absolute atomic E-state index is 0.157. The third-order valence-electron chi connectivity index (χ3n) is 5.38. The number of amides is 1.